The average Bonchev–Trinajstić information content (AvgIpc) is 3.32. The number of hydrogen-bond donors (Lipinski definition) is 1. The number of amides is 1. The quantitative estimate of drug-likeness (QED) is 0.901. The Bertz CT molecular complexity index is 767. The number of nitrogens with zero attached hydrogens (tertiary/aromatic N) is 3. The fourth-order valence-corrected chi connectivity index (χ4v) is 3.39. The van der Waals surface area contributed by atoms with Crippen molar-refractivity contribution in [1.29, 1.82) is 0 Å². The van der Waals surface area contributed by atoms with Crippen LogP contribution in [0.3, 0.4) is 0 Å². The summed E-state index contributed by atoms with van der Waals surface area (Å²) in [6, 6.07) is 3.25. The molecule has 2 aliphatic heterocycles. The predicted octanol–water partition coefficient (Wildman–Crippen LogP) is 1.44. The Morgan fingerprint density at radius 1 is 1.42 bits per heavy atom. The van der Waals surface area contributed by atoms with Crippen LogP contribution >= 0.6 is 11.6 Å². The Kier molecular flexibility index (Phi) is 3.78. The molecule has 126 valence electrons. The minimum Gasteiger partial charge on any atom is -0.454 e. The lowest BCUT2D eigenvalue weighted by atomic mass is 10.0. The maximum Gasteiger partial charge on any atom is 0.254 e. The first-order chi connectivity index (χ1) is 11.7. The van der Waals surface area contributed by atoms with E-state index in [4.69, 9.17) is 25.8 Å². The van der Waals surface area contributed by atoms with E-state index in [1.54, 1.807) is 30.3 Å². The minimum atomic E-state index is -0.136. The van der Waals surface area contributed by atoms with Crippen LogP contribution in [-0.2, 0) is 4.74 Å². The highest BCUT2D eigenvalue weighted by Crippen LogP contribution is 2.40. The molecule has 9 heteroatoms. The summed E-state index contributed by atoms with van der Waals surface area (Å²) in [6.45, 7) is 1.07. The molecular formula is C15H15ClN4O4. The summed E-state index contributed by atoms with van der Waals surface area (Å²) in [5, 5.41) is 10.9. The van der Waals surface area contributed by atoms with E-state index in [9.17, 15) is 4.79 Å². The van der Waals surface area contributed by atoms with Crippen molar-refractivity contribution < 1.29 is 19.0 Å². The number of rotatable bonds is 3. The molecule has 1 aromatic carbocycles. The highest BCUT2D eigenvalue weighted by molar-refractivity contribution is 6.32. The third-order valence-electron chi connectivity index (χ3n) is 4.34. The maximum atomic E-state index is 12.8. The van der Waals surface area contributed by atoms with E-state index in [2.05, 4.69) is 15.4 Å². The second-order valence-corrected chi connectivity index (χ2v) is 6.08. The normalized spacial score (nSPS) is 22.2. The van der Waals surface area contributed by atoms with Gasteiger partial charge in [-0.15, -0.1) is 0 Å². The Labute approximate surface area is 142 Å². The lowest BCUT2D eigenvalue weighted by molar-refractivity contribution is 0.0714. The molecule has 0 spiro atoms. The molecule has 0 unspecified atom stereocenters. The molecule has 0 bridgehead atoms. The van der Waals surface area contributed by atoms with Crippen molar-refractivity contribution >= 4 is 17.5 Å². The van der Waals surface area contributed by atoms with Gasteiger partial charge in [-0.3, -0.25) is 4.79 Å². The number of ether oxygens (including phenoxy) is 3. The van der Waals surface area contributed by atoms with Crippen molar-refractivity contribution in [1.82, 2.24) is 20.3 Å². The Balaban J connectivity index is 1.58. The number of carbonyl (C=O) groups excluding carboxylic acids is 1. The average molecular weight is 351 g/mol. The van der Waals surface area contributed by atoms with Crippen LogP contribution in [0.5, 0.6) is 11.5 Å². The molecule has 1 N–H and O–H groups in total. The summed E-state index contributed by atoms with van der Waals surface area (Å²) < 4.78 is 16.1. The fraction of sp³-hybridized carbons (Fsp3) is 0.400. The number of benzene rings is 1. The Morgan fingerprint density at radius 3 is 3.04 bits per heavy atom. The van der Waals surface area contributed by atoms with E-state index in [-0.39, 0.29) is 24.7 Å². The topological polar surface area (TPSA) is 89.6 Å². The molecule has 3 heterocycles. The number of methoxy groups -OCH3 is 1. The van der Waals surface area contributed by atoms with Crippen molar-refractivity contribution in [2.75, 3.05) is 27.0 Å². The molecule has 24 heavy (non-hydrogen) atoms. The molecule has 8 nitrogen and oxygen atoms in total. The maximum absolute atomic E-state index is 12.8. The summed E-state index contributed by atoms with van der Waals surface area (Å²) in [6.07, 6.45) is 1.52. The molecule has 0 aliphatic carbocycles. The standard InChI is InChI=1S/C15H15ClN4O4/c1-22-13-6-20(5-9(13)11-4-17-19-18-11)15(21)8-2-10(16)14-12(3-8)23-7-24-14/h2-4,9,13H,5-7H2,1H3,(H,17,18,19)/t9-,13+/m0/s1. The fourth-order valence-electron chi connectivity index (χ4n) is 3.13. The van der Waals surface area contributed by atoms with Gasteiger partial charge in [0.2, 0.25) is 6.79 Å². The van der Waals surface area contributed by atoms with E-state index in [0.717, 1.165) is 5.69 Å². The number of aromatic nitrogens is 3. The number of likely N-dealkylation sites (tertiary alicyclic amines) is 1. The first kappa shape index (κ1) is 15.2. The summed E-state index contributed by atoms with van der Waals surface area (Å²) in [4.78, 5) is 14.6. The zero-order valence-electron chi connectivity index (χ0n) is 12.9. The van der Waals surface area contributed by atoms with Crippen molar-refractivity contribution in [3.05, 3.63) is 34.6 Å². The summed E-state index contributed by atoms with van der Waals surface area (Å²) in [7, 11) is 1.63. The van der Waals surface area contributed by atoms with Gasteiger partial charge in [0.05, 0.1) is 28.9 Å². The van der Waals surface area contributed by atoms with Gasteiger partial charge in [0, 0.05) is 25.8 Å². The molecule has 2 aromatic rings. The number of aromatic amines is 1. The monoisotopic (exact) mass is 350 g/mol. The highest BCUT2D eigenvalue weighted by Gasteiger charge is 2.38. The van der Waals surface area contributed by atoms with Crippen molar-refractivity contribution in [2.24, 2.45) is 0 Å². The van der Waals surface area contributed by atoms with E-state index < -0.39 is 0 Å². The van der Waals surface area contributed by atoms with E-state index in [0.29, 0.717) is 35.2 Å². The molecule has 4 rings (SSSR count). The van der Waals surface area contributed by atoms with Gasteiger partial charge in [0.15, 0.2) is 11.5 Å². The second kappa shape index (κ2) is 5.95. The lowest BCUT2D eigenvalue weighted by Gasteiger charge is -2.16. The Morgan fingerprint density at radius 2 is 2.29 bits per heavy atom. The molecule has 2 aliphatic rings. The zero-order chi connectivity index (χ0) is 16.7. The first-order valence-electron chi connectivity index (χ1n) is 7.44. The van der Waals surface area contributed by atoms with Gasteiger partial charge in [0.25, 0.3) is 5.91 Å². The number of fused-ring (bicyclic) bond motifs is 1. The lowest BCUT2D eigenvalue weighted by Crippen LogP contribution is -2.29. The van der Waals surface area contributed by atoms with E-state index in [1.165, 1.54) is 0 Å². The number of carbonyl (C=O) groups is 1. The van der Waals surface area contributed by atoms with Gasteiger partial charge in [-0.1, -0.05) is 11.6 Å². The van der Waals surface area contributed by atoms with Crippen molar-refractivity contribution in [2.45, 2.75) is 12.0 Å². The zero-order valence-corrected chi connectivity index (χ0v) is 13.6. The molecule has 0 saturated carbocycles. The smallest absolute Gasteiger partial charge is 0.254 e. The number of halogens is 1. The largest absolute Gasteiger partial charge is 0.454 e. The van der Waals surface area contributed by atoms with Gasteiger partial charge in [0.1, 0.15) is 0 Å². The number of hydrogen-bond acceptors (Lipinski definition) is 6. The third-order valence-corrected chi connectivity index (χ3v) is 4.62. The van der Waals surface area contributed by atoms with Crippen LogP contribution in [0.2, 0.25) is 5.02 Å². The summed E-state index contributed by atoms with van der Waals surface area (Å²) in [5.74, 6) is 0.802. The molecular weight excluding hydrogens is 336 g/mol. The van der Waals surface area contributed by atoms with Gasteiger partial charge >= 0.3 is 0 Å². The van der Waals surface area contributed by atoms with Gasteiger partial charge in [-0.2, -0.15) is 15.4 Å². The van der Waals surface area contributed by atoms with Crippen LogP contribution in [0.4, 0.5) is 0 Å². The van der Waals surface area contributed by atoms with Crippen LogP contribution in [-0.4, -0.2) is 59.3 Å². The molecule has 1 amide bonds. The van der Waals surface area contributed by atoms with E-state index >= 15 is 0 Å². The first-order valence-corrected chi connectivity index (χ1v) is 7.82. The van der Waals surface area contributed by atoms with Crippen LogP contribution in [0, 0.1) is 0 Å². The van der Waals surface area contributed by atoms with Gasteiger partial charge < -0.3 is 19.1 Å². The molecule has 1 fully saturated rings. The second-order valence-electron chi connectivity index (χ2n) is 5.68. The molecule has 1 aromatic heterocycles. The van der Waals surface area contributed by atoms with Crippen LogP contribution in [0.15, 0.2) is 18.3 Å². The van der Waals surface area contributed by atoms with Gasteiger partial charge in [-0.05, 0) is 12.1 Å². The number of H-pyrrole nitrogens is 1. The van der Waals surface area contributed by atoms with Crippen molar-refractivity contribution in [3.8, 4) is 11.5 Å². The van der Waals surface area contributed by atoms with Crippen LogP contribution in [0.25, 0.3) is 0 Å². The van der Waals surface area contributed by atoms with Crippen LogP contribution < -0.4 is 9.47 Å². The summed E-state index contributed by atoms with van der Waals surface area (Å²) in [5.41, 5.74) is 1.24. The van der Waals surface area contributed by atoms with Gasteiger partial charge in [-0.25, -0.2) is 0 Å². The predicted molar refractivity (Wildman–Crippen MR) is 83.4 cm³/mol. The minimum absolute atomic E-state index is 0.0258. The number of nitrogens with one attached hydrogen (secondary N) is 1. The molecule has 1 saturated heterocycles. The third kappa shape index (κ3) is 2.47. The van der Waals surface area contributed by atoms with Crippen LogP contribution in [0.1, 0.15) is 22.0 Å². The highest BCUT2D eigenvalue weighted by atomic mass is 35.5. The van der Waals surface area contributed by atoms with Crippen molar-refractivity contribution in [3.63, 3.8) is 0 Å². The SMILES string of the molecule is CO[C@@H]1CN(C(=O)c2cc(Cl)c3c(c2)OCO3)C[C@H]1c1cn[nH]n1. The Hall–Kier alpha value is -2.32. The summed E-state index contributed by atoms with van der Waals surface area (Å²) >= 11 is 6.17. The molecule has 0 radical (unpaired) electrons. The molecule has 2 atom stereocenters. The van der Waals surface area contributed by atoms with E-state index in [1.807, 2.05) is 0 Å².